The van der Waals surface area contributed by atoms with Crippen molar-refractivity contribution < 1.29 is 134 Å². The molecule has 6 aliphatic heterocycles. The van der Waals surface area contributed by atoms with Gasteiger partial charge in [0.05, 0.1) is 64.1 Å². The van der Waals surface area contributed by atoms with Gasteiger partial charge < -0.3 is 134 Å². The Morgan fingerprint density at radius 2 is 0.627 bits per heavy atom. The zero-order chi connectivity index (χ0) is 49.3. The van der Waals surface area contributed by atoms with E-state index in [0.717, 1.165) is 0 Å². The molecule has 6 heterocycles. The molecule has 16 N–H and O–H groups in total. The predicted octanol–water partition coefficient (Wildman–Crippen LogP) is -9.20. The first-order chi connectivity index (χ1) is 31.7. The SMILES string of the molecule is CC1C(O)[C@H](O[C@@H]2OC(CO)[C@H](O)C(O)[C@@H]2O)[C@H](CO)O[C@H]1OC1C(O)[C@H](O)C(CO)O[C@@H]1OCC1O[C@@H](O[C@@H]2C(CO)O[C@@H](O[C@@H]3C(CO)O[C@@H](C)C(C)[C@H]3O)C(C)[C@H]2O)[C@H](O)C(O)[C@@H]1O. The van der Waals surface area contributed by atoms with E-state index < -0.39 is 223 Å². The van der Waals surface area contributed by atoms with E-state index in [1.165, 1.54) is 13.8 Å². The van der Waals surface area contributed by atoms with E-state index in [4.69, 9.17) is 52.1 Å². The molecule has 0 aliphatic carbocycles. The van der Waals surface area contributed by atoms with Crippen molar-refractivity contribution in [1.82, 2.24) is 0 Å². The van der Waals surface area contributed by atoms with Crippen molar-refractivity contribution in [2.45, 2.75) is 193 Å². The third-order valence-electron chi connectivity index (χ3n) is 13.8. The van der Waals surface area contributed by atoms with Gasteiger partial charge in [0.15, 0.2) is 31.5 Å². The lowest BCUT2D eigenvalue weighted by atomic mass is 9.88. The molecule has 27 heteroatoms. The molecule has 0 aromatic carbocycles. The molecule has 0 bridgehead atoms. The van der Waals surface area contributed by atoms with Crippen LogP contribution in [0.15, 0.2) is 0 Å². The molecule has 27 nitrogen and oxygen atoms in total. The zero-order valence-corrected chi connectivity index (χ0v) is 37.2. The van der Waals surface area contributed by atoms with Crippen LogP contribution in [0.5, 0.6) is 0 Å². The van der Waals surface area contributed by atoms with Gasteiger partial charge in [-0.05, 0) is 6.92 Å². The van der Waals surface area contributed by atoms with E-state index in [1.54, 1.807) is 13.8 Å². The second kappa shape index (κ2) is 23.6. The molecule has 6 fully saturated rings. The maximum Gasteiger partial charge on any atom is 0.187 e. The first-order valence-corrected chi connectivity index (χ1v) is 22.4. The lowest BCUT2D eigenvalue weighted by molar-refractivity contribution is -0.384. The number of aliphatic hydroxyl groups is 16. The Kier molecular flexibility index (Phi) is 19.5. The molecule has 6 saturated heterocycles. The quantitative estimate of drug-likeness (QED) is 0.0683. The highest BCUT2D eigenvalue weighted by Gasteiger charge is 2.55. The predicted molar refractivity (Wildman–Crippen MR) is 212 cm³/mol. The highest BCUT2D eigenvalue weighted by atomic mass is 16.8. The monoisotopic (exact) mass is 982 g/mol. The Bertz CT molecular complexity index is 1500. The number of aliphatic hydroxyl groups excluding tert-OH is 16. The van der Waals surface area contributed by atoms with Crippen molar-refractivity contribution in [3.63, 3.8) is 0 Å². The smallest absolute Gasteiger partial charge is 0.187 e. The van der Waals surface area contributed by atoms with Crippen molar-refractivity contribution in [3.8, 4) is 0 Å². The third-order valence-corrected chi connectivity index (χ3v) is 13.8. The molecular formula is C40H70O27. The normalized spacial score (nSPS) is 53.4. The Hall–Kier alpha value is -1.08. The maximum absolute atomic E-state index is 11.5. The van der Waals surface area contributed by atoms with E-state index in [-0.39, 0.29) is 0 Å². The third kappa shape index (κ3) is 11.4. The van der Waals surface area contributed by atoms with Gasteiger partial charge in [-0.3, -0.25) is 0 Å². The topological polar surface area (TPSA) is 425 Å². The fourth-order valence-electron chi connectivity index (χ4n) is 9.13. The average Bonchev–Trinajstić information content (AvgIpc) is 3.32. The summed E-state index contributed by atoms with van der Waals surface area (Å²) in [6, 6.07) is 0. The van der Waals surface area contributed by atoms with Crippen LogP contribution in [0.2, 0.25) is 0 Å². The largest absolute Gasteiger partial charge is 0.394 e. The summed E-state index contributed by atoms with van der Waals surface area (Å²) in [5, 5.41) is 170. The van der Waals surface area contributed by atoms with Gasteiger partial charge in [-0.25, -0.2) is 0 Å². The van der Waals surface area contributed by atoms with E-state index in [1.807, 2.05) is 0 Å². The lowest BCUT2D eigenvalue weighted by Gasteiger charge is -2.49. The van der Waals surface area contributed by atoms with E-state index in [0.29, 0.717) is 0 Å². The highest BCUT2D eigenvalue weighted by Crippen LogP contribution is 2.38. The van der Waals surface area contributed by atoms with Crippen LogP contribution in [0.25, 0.3) is 0 Å². The van der Waals surface area contributed by atoms with Crippen molar-refractivity contribution in [2.75, 3.05) is 39.6 Å². The van der Waals surface area contributed by atoms with E-state index in [9.17, 15) is 81.7 Å². The van der Waals surface area contributed by atoms with Crippen LogP contribution < -0.4 is 0 Å². The van der Waals surface area contributed by atoms with Gasteiger partial charge >= 0.3 is 0 Å². The standard InChI is InChI=1S/C40H70O27/c1-11-14(4)58-17(7-43)32(21(11)46)64-36-12(2)22(47)34(18(8-44)61-36)66-39-31(56)28(53)26(51)20(63-39)10-57-40-35(29(54)25(50)16(6-42)60-40)67-37-13(3)23(48)33(19(9-45)62-37)65-38-30(55)27(52)24(49)15(5-41)59-38/h11-56H,5-10H2,1-4H3/t11?,12?,13?,14-,15?,16?,17?,18?,19-,20?,21+,22+,23?,24-,25+,26+,27?,28?,29?,30-,31+,32+,33+,34+,35?,36-,37-,38-,39-,40-/m0/s1. The second-order valence-electron chi connectivity index (χ2n) is 18.2. The van der Waals surface area contributed by atoms with Crippen LogP contribution in [0, 0.1) is 17.8 Å². The fourth-order valence-corrected chi connectivity index (χ4v) is 9.13. The van der Waals surface area contributed by atoms with Crippen LogP contribution in [-0.4, -0.2) is 287 Å². The van der Waals surface area contributed by atoms with E-state index in [2.05, 4.69) is 0 Å². The maximum atomic E-state index is 11.5. The summed E-state index contributed by atoms with van der Waals surface area (Å²) < 4.78 is 64.1. The summed E-state index contributed by atoms with van der Waals surface area (Å²) >= 11 is 0. The first-order valence-electron chi connectivity index (χ1n) is 22.4. The van der Waals surface area contributed by atoms with Gasteiger partial charge in [0.2, 0.25) is 0 Å². The molecule has 30 atom stereocenters. The molecule has 0 aromatic rings. The number of hydrogen-bond donors (Lipinski definition) is 16. The van der Waals surface area contributed by atoms with Gasteiger partial charge in [0.25, 0.3) is 0 Å². The van der Waals surface area contributed by atoms with Crippen LogP contribution in [0.1, 0.15) is 27.7 Å². The highest BCUT2D eigenvalue weighted by molar-refractivity contribution is 4.98. The molecule has 67 heavy (non-hydrogen) atoms. The molecule has 0 amide bonds. The second-order valence-corrected chi connectivity index (χ2v) is 18.2. The Morgan fingerprint density at radius 1 is 0.299 bits per heavy atom. The summed E-state index contributed by atoms with van der Waals surface area (Å²) in [4.78, 5) is 0. The number of hydrogen-bond acceptors (Lipinski definition) is 27. The summed E-state index contributed by atoms with van der Waals surface area (Å²) in [6.45, 7) is 1.88. The molecule has 13 unspecified atom stereocenters. The number of ether oxygens (including phenoxy) is 11. The van der Waals surface area contributed by atoms with Crippen molar-refractivity contribution >= 4 is 0 Å². The summed E-state index contributed by atoms with van der Waals surface area (Å²) in [6.07, 6.45) is -41.7. The zero-order valence-electron chi connectivity index (χ0n) is 37.2. The van der Waals surface area contributed by atoms with Gasteiger partial charge in [0, 0.05) is 17.8 Å². The average molecular weight is 983 g/mol. The minimum absolute atomic E-state index is 0.406. The van der Waals surface area contributed by atoms with Gasteiger partial charge in [-0.1, -0.05) is 20.8 Å². The van der Waals surface area contributed by atoms with Gasteiger partial charge in [0.1, 0.15) is 110 Å². The molecule has 392 valence electrons. The minimum Gasteiger partial charge on any atom is -0.394 e. The van der Waals surface area contributed by atoms with Gasteiger partial charge in [-0.15, -0.1) is 0 Å². The molecule has 6 aliphatic rings. The van der Waals surface area contributed by atoms with Crippen LogP contribution >= 0.6 is 0 Å². The molecule has 0 aromatic heterocycles. The summed E-state index contributed by atoms with van der Waals surface area (Å²) in [5.41, 5.74) is 0. The molecule has 0 spiro atoms. The van der Waals surface area contributed by atoms with Crippen molar-refractivity contribution in [2.24, 2.45) is 17.8 Å². The Morgan fingerprint density at radius 3 is 1.07 bits per heavy atom. The minimum atomic E-state index is -1.98. The molecule has 0 saturated carbocycles. The lowest BCUT2D eigenvalue weighted by Crippen LogP contribution is -2.65. The summed E-state index contributed by atoms with van der Waals surface area (Å²) in [5.74, 6) is -2.48. The number of rotatable bonds is 16. The van der Waals surface area contributed by atoms with Crippen LogP contribution in [-0.2, 0) is 52.1 Å². The van der Waals surface area contributed by atoms with Gasteiger partial charge in [-0.2, -0.15) is 0 Å². The molecular weight excluding hydrogens is 912 g/mol. The molecule has 0 radical (unpaired) electrons. The first kappa shape index (κ1) is 55.2. The Labute approximate surface area is 384 Å². The van der Waals surface area contributed by atoms with Crippen molar-refractivity contribution in [1.29, 1.82) is 0 Å². The fraction of sp³-hybridized carbons (Fsp3) is 1.00. The Balaban J connectivity index is 1.12. The van der Waals surface area contributed by atoms with E-state index >= 15 is 0 Å². The van der Waals surface area contributed by atoms with Crippen LogP contribution in [0.3, 0.4) is 0 Å². The van der Waals surface area contributed by atoms with Crippen molar-refractivity contribution in [3.05, 3.63) is 0 Å². The van der Waals surface area contributed by atoms with Crippen LogP contribution in [0.4, 0.5) is 0 Å². The molecule has 6 rings (SSSR count). The summed E-state index contributed by atoms with van der Waals surface area (Å²) in [7, 11) is 0.